The van der Waals surface area contributed by atoms with Crippen LogP contribution in [0.25, 0.3) is 0 Å². The van der Waals surface area contributed by atoms with Crippen molar-refractivity contribution in [3.63, 3.8) is 0 Å². The van der Waals surface area contributed by atoms with Gasteiger partial charge in [-0.2, -0.15) is 0 Å². The summed E-state index contributed by atoms with van der Waals surface area (Å²) in [5, 5.41) is 1.98. The Bertz CT molecular complexity index is 632. The standard InChI is InChI=1S/C20H31NO4SSi/c1-4-27(5-2,6-3)25-18-17(16-13-10-14-26-16)21(19(18)22)20(23)24-15-11-8-7-9-12-15/h10,13-15,17-18H,4-9,11-12H2,1-3H3/t17-,18+/m0/s1. The molecule has 0 bridgehead atoms. The molecule has 150 valence electrons. The lowest BCUT2D eigenvalue weighted by Crippen LogP contribution is -2.64. The number of hydrogen-bond donors (Lipinski definition) is 0. The average Bonchev–Trinajstić information content (AvgIpc) is 3.22. The van der Waals surface area contributed by atoms with Crippen molar-refractivity contribution in [3.8, 4) is 0 Å². The van der Waals surface area contributed by atoms with E-state index in [1.54, 1.807) is 11.3 Å². The lowest BCUT2D eigenvalue weighted by atomic mass is 9.96. The largest absolute Gasteiger partial charge is 0.446 e. The zero-order valence-corrected chi connectivity index (χ0v) is 18.4. The molecule has 7 heteroatoms. The molecule has 0 spiro atoms. The van der Waals surface area contributed by atoms with Gasteiger partial charge in [0, 0.05) is 4.88 Å². The molecule has 1 aliphatic heterocycles. The van der Waals surface area contributed by atoms with Crippen molar-refractivity contribution in [2.75, 3.05) is 0 Å². The van der Waals surface area contributed by atoms with Crippen LogP contribution < -0.4 is 0 Å². The maximum atomic E-state index is 12.9. The lowest BCUT2D eigenvalue weighted by Gasteiger charge is -2.47. The van der Waals surface area contributed by atoms with Crippen LogP contribution >= 0.6 is 11.3 Å². The van der Waals surface area contributed by atoms with Gasteiger partial charge in [0.25, 0.3) is 5.91 Å². The Hall–Kier alpha value is -1.18. The van der Waals surface area contributed by atoms with Crippen molar-refractivity contribution in [1.82, 2.24) is 4.90 Å². The number of carbonyl (C=O) groups is 2. The first-order valence-electron chi connectivity index (χ1n) is 10.3. The molecule has 5 nitrogen and oxygen atoms in total. The van der Waals surface area contributed by atoms with Crippen molar-refractivity contribution in [2.24, 2.45) is 0 Å². The molecule has 3 rings (SSSR count). The molecule has 2 amide bonds. The molecule has 1 saturated carbocycles. The second-order valence-corrected chi connectivity index (χ2v) is 13.3. The summed E-state index contributed by atoms with van der Waals surface area (Å²) in [7, 11) is -1.95. The van der Waals surface area contributed by atoms with Gasteiger partial charge in [0.15, 0.2) is 14.4 Å². The summed E-state index contributed by atoms with van der Waals surface area (Å²) in [6, 6.07) is 6.53. The minimum atomic E-state index is -1.95. The number of thiophene rings is 1. The van der Waals surface area contributed by atoms with Gasteiger partial charge in [-0.1, -0.05) is 33.3 Å². The van der Waals surface area contributed by atoms with E-state index in [0.717, 1.165) is 48.7 Å². The van der Waals surface area contributed by atoms with Crippen molar-refractivity contribution in [3.05, 3.63) is 22.4 Å². The zero-order chi connectivity index (χ0) is 19.4. The molecule has 1 saturated heterocycles. The van der Waals surface area contributed by atoms with Crippen LogP contribution in [0.5, 0.6) is 0 Å². The summed E-state index contributed by atoms with van der Waals surface area (Å²) in [6.45, 7) is 6.45. The number of rotatable bonds is 7. The van der Waals surface area contributed by atoms with E-state index in [4.69, 9.17) is 9.16 Å². The Balaban J connectivity index is 1.76. The predicted octanol–water partition coefficient (Wildman–Crippen LogP) is 5.49. The zero-order valence-electron chi connectivity index (χ0n) is 16.6. The topological polar surface area (TPSA) is 55.8 Å². The number of carbonyl (C=O) groups excluding carboxylic acids is 2. The van der Waals surface area contributed by atoms with Crippen LogP contribution in [0.15, 0.2) is 17.5 Å². The van der Waals surface area contributed by atoms with Gasteiger partial charge in [-0.15, -0.1) is 11.3 Å². The second-order valence-electron chi connectivity index (χ2n) is 7.59. The molecular formula is C20H31NO4SSi. The highest BCUT2D eigenvalue weighted by Gasteiger charge is 2.56. The monoisotopic (exact) mass is 409 g/mol. The molecule has 1 aliphatic carbocycles. The van der Waals surface area contributed by atoms with Crippen molar-refractivity contribution >= 4 is 31.7 Å². The number of ether oxygens (including phenoxy) is 1. The minimum absolute atomic E-state index is 0.0570. The Morgan fingerprint density at radius 1 is 1.19 bits per heavy atom. The van der Waals surface area contributed by atoms with E-state index >= 15 is 0 Å². The molecule has 2 heterocycles. The number of hydrogen-bond acceptors (Lipinski definition) is 5. The lowest BCUT2D eigenvalue weighted by molar-refractivity contribution is -0.161. The second kappa shape index (κ2) is 8.88. The molecule has 2 atom stereocenters. The van der Waals surface area contributed by atoms with E-state index in [1.807, 2.05) is 17.5 Å². The van der Waals surface area contributed by atoms with Gasteiger partial charge in [0.05, 0.1) is 0 Å². The normalized spacial score (nSPS) is 24.0. The van der Waals surface area contributed by atoms with Crippen LogP contribution in [0.2, 0.25) is 18.1 Å². The molecule has 0 unspecified atom stereocenters. The number of likely N-dealkylation sites (tertiary alicyclic amines) is 1. The predicted molar refractivity (Wildman–Crippen MR) is 109 cm³/mol. The smallest absolute Gasteiger partial charge is 0.417 e. The van der Waals surface area contributed by atoms with E-state index in [9.17, 15) is 9.59 Å². The summed E-state index contributed by atoms with van der Waals surface area (Å²) in [6.07, 6.45) is 4.06. The Kier molecular flexibility index (Phi) is 6.76. The maximum Gasteiger partial charge on any atom is 0.417 e. The number of amides is 2. The molecule has 0 aromatic carbocycles. The third-order valence-electron chi connectivity index (χ3n) is 6.21. The maximum absolute atomic E-state index is 12.9. The number of nitrogens with zero attached hydrogens (tertiary/aromatic N) is 1. The fraction of sp³-hybridized carbons (Fsp3) is 0.700. The molecule has 1 aromatic rings. The van der Waals surface area contributed by atoms with Crippen LogP contribution in [-0.4, -0.2) is 37.4 Å². The summed E-state index contributed by atoms with van der Waals surface area (Å²) < 4.78 is 12.2. The Morgan fingerprint density at radius 2 is 1.85 bits per heavy atom. The van der Waals surface area contributed by atoms with Crippen LogP contribution in [-0.2, 0) is 14.0 Å². The number of β-lactam (4-membered cyclic amide) rings is 1. The average molecular weight is 410 g/mol. The van der Waals surface area contributed by atoms with E-state index < -0.39 is 20.5 Å². The van der Waals surface area contributed by atoms with Crippen LogP contribution in [0.1, 0.15) is 63.8 Å². The fourth-order valence-electron chi connectivity index (χ4n) is 4.17. The highest BCUT2D eigenvalue weighted by Crippen LogP contribution is 2.42. The summed E-state index contributed by atoms with van der Waals surface area (Å²) in [5.41, 5.74) is 0. The first-order chi connectivity index (χ1) is 13.0. The van der Waals surface area contributed by atoms with Gasteiger partial charge in [-0.05, 0) is 55.3 Å². The van der Waals surface area contributed by atoms with E-state index in [1.165, 1.54) is 11.3 Å². The van der Waals surface area contributed by atoms with Crippen molar-refractivity contribution in [1.29, 1.82) is 0 Å². The summed E-state index contributed by atoms with van der Waals surface area (Å²) in [4.78, 5) is 28.0. The third kappa shape index (κ3) is 4.15. The highest BCUT2D eigenvalue weighted by molar-refractivity contribution is 7.10. The summed E-state index contributed by atoms with van der Waals surface area (Å²) >= 11 is 1.56. The molecule has 2 fully saturated rings. The number of imide groups is 1. The van der Waals surface area contributed by atoms with E-state index in [2.05, 4.69) is 20.8 Å². The molecule has 0 N–H and O–H groups in total. The molecular weight excluding hydrogens is 378 g/mol. The quantitative estimate of drug-likeness (QED) is 0.441. The molecule has 1 aromatic heterocycles. The van der Waals surface area contributed by atoms with E-state index in [0.29, 0.717) is 0 Å². The minimum Gasteiger partial charge on any atom is -0.446 e. The fourth-order valence-corrected chi connectivity index (χ4v) is 7.78. The molecule has 2 aliphatic rings. The molecule has 0 radical (unpaired) electrons. The Morgan fingerprint density at radius 3 is 2.41 bits per heavy atom. The van der Waals surface area contributed by atoms with Crippen LogP contribution in [0.4, 0.5) is 4.79 Å². The first-order valence-corrected chi connectivity index (χ1v) is 13.7. The Labute approximate surface area is 167 Å². The van der Waals surface area contributed by atoms with Gasteiger partial charge in [0.2, 0.25) is 0 Å². The van der Waals surface area contributed by atoms with Gasteiger partial charge in [0.1, 0.15) is 12.1 Å². The SMILES string of the molecule is CC[Si](CC)(CC)O[C@H]1C(=O)N(C(=O)OC2CCCCC2)[C@H]1c1cccs1. The van der Waals surface area contributed by atoms with Crippen molar-refractivity contribution < 1.29 is 18.8 Å². The van der Waals surface area contributed by atoms with E-state index in [-0.39, 0.29) is 18.1 Å². The van der Waals surface area contributed by atoms with Gasteiger partial charge < -0.3 is 9.16 Å². The molecule has 27 heavy (non-hydrogen) atoms. The van der Waals surface area contributed by atoms with Gasteiger partial charge in [-0.25, -0.2) is 9.69 Å². The van der Waals surface area contributed by atoms with Crippen molar-refractivity contribution in [2.45, 2.75) is 89.3 Å². The van der Waals surface area contributed by atoms with Gasteiger partial charge >= 0.3 is 6.09 Å². The van der Waals surface area contributed by atoms with Crippen LogP contribution in [0.3, 0.4) is 0 Å². The highest BCUT2D eigenvalue weighted by atomic mass is 32.1. The van der Waals surface area contributed by atoms with Gasteiger partial charge in [-0.3, -0.25) is 4.79 Å². The summed E-state index contributed by atoms with van der Waals surface area (Å²) in [5.74, 6) is -0.235. The third-order valence-corrected chi connectivity index (χ3v) is 11.8. The first kappa shape index (κ1) is 20.5. The van der Waals surface area contributed by atoms with Crippen LogP contribution in [0, 0.1) is 0 Å².